The summed E-state index contributed by atoms with van der Waals surface area (Å²) in [6.45, 7) is 9.96. The van der Waals surface area contributed by atoms with E-state index in [2.05, 4.69) is 49.7 Å². The molecular formula is C22H27FN2O. The molecule has 1 atom stereocenters. The summed E-state index contributed by atoms with van der Waals surface area (Å²) >= 11 is 0. The number of ether oxygens (including phenoxy) is 1. The fourth-order valence-corrected chi connectivity index (χ4v) is 4.10. The quantitative estimate of drug-likeness (QED) is 0.658. The summed E-state index contributed by atoms with van der Waals surface area (Å²) in [6.07, 6.45) is 2.78. The molecule has 1 unspecified atom stereocenters. The van der Waals surface area contributed by atoms with Crippen molar-refractivity contribution in [3.8, 4) is 5.75 Å². The lowest BCUT2D eigenvalue weighted by molar-refractivity contribution is 0.377. The molecule has 2 aromatic rings. The van der Waals surface area contributed by atoms with Crippen molar-refractivity contribution in [2.75, 3.05) is 18.6 Å². The second kappa shape index (κ2) is 7.10. The van der Waals surface area contributed by atoms with Crippen molar-refractivity contribution >= 4 is 17.6 Å². The monoisotopic (exact) mass is 354 g/mol. The van der Waals surface area contributed by atoms with Crippen LogP contribution in [0, 0.1) is 5.82 Å². The normalized spacial score (nSPS) is 18.8. The number of nitrogens with zero attached hydrogens (tertiary/aromatic N) is 2. The van der Waals surface area contributed by atoms with E-state index in [9.17, 15) is 4.39 Å². The maximum Gasteiger partial charge on any atom is 0.148 e. The van der Waals surface area contributed by atoms with Gasteiger partial charge in [-0.2, -0.15) is 0 Å². The predicted molar refractivity (Wildman–Crippen MR) is 107 cm³/mol. The van der Waals surface area contributed by atoms with E-state index in [-0.39, 0.29) is 11.4 Å². The van der Waals surface area contributed by atoms with Crippen LogP contribution < -0.4 is 9.64 Å². The first-order chi connectivity index (χ1) is 12.4. The number of anilines is 1. The van der Waals surface area contributed by atoms with Crippen LogP contribution in [0.15, 0.2) is 41.4 Å². The zero-order valence-corrected chi connectivity index (χ0v) is 16.2. The van der Waals surface area contributed by atoms with Gasteiger partial charge < -0.3 is 9.64 Å². The molecule has 1 aliphatic rings. The molecule has 3 rings (SSSR count). The molecule has 0 N–H and O–H groups in total. The van der Waals surface area contributed by atoms with Crippen LogP contribution in [0.25, 0.3) is 0 Å². The molecule has 3 nitrogen and oxygen atoms in total. The highest BCUT2D eigenvalue weighted by Gasteiger charge is 2.36. The topological polar surface area (TPSA) is 24.8 Å². The predicted octanol–water partition coefficient (Wildman–Crippen LogP) is 5.70. The molecule has 4 heteroatoms. The van der Waals surface area contributed by atoms with Crippen LogP contribution in [0.5, 0.6) is 5.75 Å². The van der Waals surface area contributed by atoms with Crippen LogP contribution in [-0.2, 0) is 0 Å². The highest BCUT2D eigenvalue weighted by molar-refractivity contribution is 5.87. The van der Waals surface area contributed by atoms with Gasteiger partial charge in [0.2, 0.25) is 0 Å². The van der Waals surface area contributed by atoms with Crippen LogP contribution in [-0.4, -0.2) is 25.4 Å². The average Bonchev–Trinajstić information content (AvgIpc) is 2.60. The zero-order chi connectivity index (χ0) is 18.9. The Bertz CT molecular complexity index is 829. The summed E-state index contributed by atoms with van der Waals surface area (Å²) in [5, 5.41) is 0. The minimum atomic E-state index is -0.326. The smallest absolute Gasteiger partial charge is 0.148 e. The number of para-hydroxylation sites is 1. The van der Waals surface area contributed by atoms with E-state index in [1.165, 1.54) is 17.3 Å². The third-order valence-corrected chi connectivity index (χ3v) is 5.25. The molecule has 0 saturated carbocycles. The van der Waals surface area contributed by atoms with Crippen LogP contribution >= 0.6 is 0 Å². The molecule has 0 fully saturated rings. The number of halogens is 1. The van der Waals surface area contributed by atoms with Gasteiger partial charge in [-0.25, -0.2) is 4.39 Å². The highest BCUT2D eigenvalue weighted by Crippen LogP contribution is 2.45. The summed E-state index contributed by atoms with van der Waals surface area (Å²) in [5.74, 6) is 0.870. The Labute approximate surface area is 155 Å². The maximum absolute atomic E-state index is 13.8. The van der Waals surface area contributed by atoms with E-state index in [0.717, 1.165) is 24.3 Å². The lowest BCUT2D eigenvalue weighted by Gasteiger charge is -2.47. The number of benzene rings is 2. The molecule has 1 aliphatic heterocycles. The number of aliphatic imine (C=N–C) groups is 1. The van der Waals surface area contributed by atoms with Crippen molar-refractivity contribution in [2.24, 2.45) is 4.99 Å². The second-order valence-corrected chi connectivity index (χ2v) is 7.52. The van der Waals surface area contributed by atoms with Crippen LogP contribution in [0.3, 0.4) is 0 Å². The third-order valence-electron chi connectivity index (χ3n) is 5.25. The minimum absolute atomic E-state index is 0.106. The fourth-order valence-electron chi connectivity index (χ4n) is 4.10. The van der Waals surface area contributed by atoms with Gasteiger partial charge >= 0.3 is 0 Å². The number of methoxy groups -OCH3 is 1. The molecule has 1 heterocycles. The van der Waals surface area contributed by atoms with E-state index in [0.29, 0.717) is 11.6 Å². The number of hydrogen-bond acceptors (Lipinski definition) is 3. The second-order valence-electron chi connectivity index (χ2n) is 7.52. The van der Waals surface area contributed by atoms with Crippen molar-refractivity contribution in [3.63, 3.8) is 0 Å². The minimum Gasteiger partial charge on any atom is -0.496 e. The summed E-state index contributed by atoms with van der Waals surface area (Å²) in [4.78, 5) is 6.77. The first-order valence-corrected chi connectivity index (χ1v) is 9.15. The third kappa shape index (κ3) is 3.33. The molecule has 0 amide bonds. The molecule has 0 aliphatic carbocycles. The molecule has 0 bridgehead atoms. The molecule has 138 valence electrons. The molecule has 0 aromatic heterocycles. The first-order valence-electron chi connectivity index (χ1n) is 9.15. The van der Waals surface area contributed by atoms with Gasteiger partial charge in [0.15, 0.2) is 0 Å². The summed E-state index contributed by atoms with van der Waals surface area (Å²) in [5.41, 5.74) is 3.82. The van der Waals surface area contributed by atoms with E-state index >= 15 is 0 Å². The average molecular weight is 354 g/mol. The largest absolute Gasteiger partial charge is 0.496 e. The van der Waals surface area contributed by atoms with E-state index in [1.54, 1.807) is 31.5 Å². The van der Waals surface area contributed by atoms with E-state index < -0.39 is 0 Å². The fraction of sp³-hybridized carbons (Fsp3) is 0.409. The Morgan fingerprint density at radius 1 is 1.31 bits per heavy atom. The molecule has 0 spiro atoms. The standard InChI is InChI=1S/C22H27FN2O/c1-6-25-20-12-21(26-5)16(11-17(20)15(2)13-22(25,3)4)14-24-19-10-8-7-9-18(19)23/h7-12,14-15H,6,13H2,1-5H3. The zero-order valence-electron chi connectivity index (χ0n) is 16.2. The number of hydrogen-bond donors (Lipinski definition) is 0. The van der Waals surface area contributed by atoms with Crippen molar-refractivity contribution in [1.82, 2.24) is 0 Å². The highest BCUT2D eigenvalue weighted by atomic mass is 19.1. The SMILES string of the molecule is CCN1c2cc(OC)c(C=Nc3ccccc3F)cc2C(C)CC1(C)C. The van der Waals surface area contributed by atoms with Crippen molar-refractivity contribution in [3.05, 3.63) is 53.3 Å². The molecule has 0 saturated heterocycles. The summed E-state index contributed by atoms with van der Waals surface area (Å²) in [7, 11) is 1.66. The van der Waals surface area contributed by atoms with Gasteiger partial charge in [-0.3, -0.25) is 4.99 Å². The van der Waals surface area contributed by atoms with Gasteiger partial charge in [0.1, 0.15) is 11.6 Å². The van der Waals surface area contributed by atoms with Gasteiger partial charge in [0.05, 0.1) is 12.8 Å². The number of fused-ring (bicyclic) bond motifs is 1. The molecular weight excluding hydrogens is 327 g/mol. The van der Waals surface area contributed by atoms with Crippen molar-refractivity contribution in [1.29, 1.82) is 0 Å². The molecule has 26 heavy (non-hydrogen) atoms. The Kier molecular flexibility index (Phi) is 5.03. The van der Waals surface area contributed by atoms with Gasteiger partial charge in [0, 0.05) is 35.6 Å². The van der Waals surface area contributed by atoms with Crippen molar-refractivity contribution < 1.29 is 9.13 Å². The van der Waals surface area contributed by atoms with Crippen molar-refractivity contribution in [2.45, 2.75) is 45.6 Å². The maximum atomic E-state index is 13.8. The summed E-state index contributed by atoms with van der Waals surface area (Å²) < 4.78 is 19.5. The molecule has 2 aromatic carbocycles. The van der Waals surface area contributed by atoms with Gasteiger partial charge in [-0.1, -0.05) is 19.1 Å². The Balaban J connectivity index is 2.06. The Morgan fingerprint density at radius 3 is 2.69 bits per heavy atom. The Morgan fingerprint density at radius 2 is 2.04 bits per heavy atom. The van der Waals surface area contributed by atoms with Gasteiger partial charge in [-0.15, -0.1) is 0 Å². The van der Waals surface area contributed by atoms with Crippen LogP contribution in [0.1, 0.15) is 51.2 Å². The van der Waals surface area contributed by atoms with E-state index in [1.807, 2.05) is 0 Å². The van der Waals surface area contributed by atoms with Gasteiger partial charge in [-0.05, 0) is 56.9 Å². The Hall–Kier alpha value is -2.36. The van der Waals surface area contributed by atoms with Crippen LogP contribution in [0.4, 0.5) is 15.8 Å². The van der Waals surface area contributed by atoms with E-state index in [4.69, 9.17) is 4.74 Å². The van der Waals surface area contributed by atoms with Crippen LogP contribution in [0.2, 0.25) is 0 Å². The van der Waals surface area contributed by atoms with Gasteiger partial charge in [0.25, 0.3) is 0 Å². The molecule has 0 radical (unpaired) electrons. The summed E-state index contributed by atoms with van der Waals surface area (Å²) in [6, 6.07) is 10.8. The lowest BCUT2D eigenvalue weighted by Crippen LogP contribution is -2.48. The lowest BCUT2D eigenvalue weighted by atomic mass is 9.79. The first kappa shape index (κ1) is 18.4. The number of rotatable bonds is 4.